The molecule has 2 aromatic rings. The minimum atomic E-state index is -4.83. The number of nitrogens with zero attached hydrogens (tertiary/aromatic N) is 1. The van der Waals surface area contributed by atoms with Crippen molar-refractivity contribution in [3.05, 3.63) is 58.4 Å². The van der Waals surface area contributed by atoms with Crippen LogP contribution in [-0.4, -0.2) is 0 Å². The molecule has 21 heavy (non-hydrogen) atoms. The van der Waals surface area contributed by atoms with Gasteiger partial charge in [0.05, 0.1) is 11.1 Å². The first-order chi connectivity index (χ1) is 9.81. The Morgan fingerprint density at radius 3 is 2.43 bits per heavy atom. The number of halogens is 5. The van der Waals surface area contributed by atoms with Gasteiger partial charge in [-0.2, -0.15) is 18.4 Å². The van der Waals surface area contributed by atoms with Crippen molar-refractivity contribution in [1.29, 1.82) is 5.26 Å². The third-order valence-corrected chi connectivity index (χ3v) is 2.77. The van der Waals surface area contributed by atoms with Crippen molar-refractivity contribution in [1.82, 2.24) is 0 Å². The number of hydrogen-bond acceptors (Lipinski definition) is 2. The lowest BCUT2D eigenvalue weighted by molar-refractivity contribution is -0.140. The van der Waals surface area contributed by atoms with Gasteiger partial charge in [-0.1, -0.05) is 11.6 Å². The summed E-state index contributed by atoms with van der Waals surface area (Å²) in [6.45, 7) is 0. The average Bonchev–Trinajstić information content (AvgIpc) is 2.41. The number of ether oxygens (including phenoxy) is 1. The van der Waals surface area contributed by atoms with Gasteiger partial charge in [0.1, 0.15) is 23.4 Å². The molecule has 0 saturated carbocycles. The van der Waals surface area contributed by atoms with Crippen LogP contribution in [0.15, 0.2) is 36.4 Å². The van der Waals surface area contributed by atoms with E-state index in [1.54, 1.807) is 0 Å². The summed E-state index contributed by atoms with van der Waals surface area (Å²) in [6, 6.07) is 8.11. The van der Waals surface area contributed by atoms with Crippen molar-refractivity contribution < 1.29 is 22.3 Å². The van der Waals surface area contributed by atoms with Crippen LogP contribution in [0.2, 0.25) is 5.02 Å². The second-order valence-electron chi connectivity index (χ2n) is 3.99. The lowest BCUT2D eigenvalue weighted by atomic mass is 10.2. The topological polar surface area (TPSA) is 33.0 Å². The van der Waals surface area contributed by atoms with E-state index in [1.165, 1.54) is 18.2 Å². The standard InChI is InChI=1S/C14H6ClF4NO/c15-9-1-4-13(8(5-9)7-20)21-10-2-3-12(16)11(6-10)14(17,18)19/h1-6H. The lowest BCUT2D eigenvalue weighted by Gasteiger charge is -2.11. The van der Waals surface area contributed by atoms with E-state index < -0.39 is 17.6 Å². The number of nitriles is 1. The van der Waals surface area contributed by atoms with Crippen LogP contribution >= 0.6 is 11.6 Å². The van der Waals surface area contributed by atoms with Gasteiger partial charge in [-0.15, -0.1) is 0 Å². The third kappa shape index (κ3) is 3.44. The molecule has 0 bridgehead atoms. The van der Waals surface area contributed by atoms with E-state index in [0.29, 0.717) is 12.1 Å². The van der Waals surface area contributed by atoms with E-state index in [2.05, 4.69) is 0 Å². The minimum absolute atomic E-state index is 0.0293. The quantitative estimate of drug-likeness (QED) is 0.717. The number of rotatable bonds is 2. The highest BCUT2D eigenvalue weighted by atomic mass is 35.5. The molecule has 2 rings (SSSR count). The monoisotopic (exact) mass is 315 g/mol. The summed E-state index contributed by atoms with van der Waals surface area (Å²) in [5, 5.41) is 9.21. The van der Waals surface area contributed by atoms with Gasteiger partial charge in [-0.25, -0.2) is 4.39 Å². The largest absolute Gasteiger partial charge is 0.456 e. The summed E-state index contributed by atoms with van der Waals surface area (Å²) in [6.07, 6.45) is -4.83. The molecule has 0 saturated heterocycles. The summed E-state index contributed by atoms with van der Waals surface area (Å²) < 4.78 is 56.2. The summed E-state index contributed by atoms with van der Waals surface area (Å²) in [7, 11) is 0. The van der Waals surface area contributed by atoms with E-state index in [9.17, 15) is 17.6 Å². The van der Waals surface area contributed by atoms with Crippen LogP contribution in [-0.2, 0) is 6.18 Å². The predicted molar refractivity (Wildman–Crippen MR) is 67.6 cm³/mol. The van der Waals surface area contributed by atoms with Crippen LogP contribution in [0.25, 0.3) is 0 Å². The van der Waals surface area contributed by atoms with Gasteiger partial charge in [0, 0.05) is 5.02 Å². The Kier molecular flexibility index (Phi) is 4.05. The Hall–Kier alpha value is -2.26. The molecule has 0 heterocycles. The highest BCUT2D eigenvalue weighted by Gasteiger charge is 2.34. The maximum absolute atomic E-state index is 13.2. The van der Waals surface area contributed by atoms with Gasteiger partial charge in [0.15, 0.2) is 0 Å². The summed E-state index contributed by atoms with van der Waals surface area (Å²) in [4.78, 5) is 0. The normalized spacial score (nSPS) is 11.0. The van der Waals surface area contributed by atoms with Gasteiger partial charge >= 0.3 is 6.18 Å². The first-order valence-electron chi connectivity index (χ1n) is 5.55. The first-order valence-corrected chi connectivity index (χ1v) is 5.93. The molecule has 0 aromatic heterocycles. The Bertz CT molecular complexity index is 722. The number of alkyl halides is 3. The molecule has 0 aliphatic heterocycles. The smallest absolute Gasteiger partial charge is 0.419 e. The fourth-order valence-corrected chi connectivity index (χ4v) is 1.76. The Labute approximate surface area is 122 Å². The van der Waals surface area contributed by atoms with Crippen molar-refractivity contribution in [2.45, 2.75) is 6.18 Å². The van der Waals surface area contributed by atoms with Gasteiger partial charge in [0.2, 0.25) is 0 Å². The molecule has 0 unspecified atom stereocenters. The van der Waals surface area contributed by atoms with Crippen molar-refractivity contribution in [3.63, 3.8) is 0 Å². The Morgan fingerprint density at radius 2 is 1.81 bits per heavy atom. The molecular formula is C14H6ClF4NO. The zero-order valence-corrected chi connectivity index (χ0v) is 11.0. The molecule has 108 valence electrons. The second kappa shape index (κ2) is 5.62. The zero-order chi connectivity index (χ0) is 15.6. The molecule has 0 fully saturated rings. The number of benzene rings is 2. The van der Waals surface area contributed by atoms with Crippen LogP contribution in [0.4, 0.5) is 17.6 Å². The Balaban J connectivity index is 2.40. The molecule has 0 N–H and O–H groups in total. The highest BCUT2D eigenvalue weighted by molar-refractivity contribution is 6.30. The molecule has 2 aromatic carbocycles. The molecule has 0 aliphatic carbocycles. The molecule has 0 amide bonds. The maximum atomic E-state index is 13.2. The van der Waals surface area contributed by atoms with Crippen molar-refractivity contribution in [3.8, 4) is 17.6 Å². The molecule has 0 radical (unpaired) electrons. The number of hydrogen-bond donors (Lipinski definition) is 0. The van der Waals surface area contributed by atoms with E-state index in [0.717, 1.165) is 6.07 Å². The molecular weight excluding hydrogens is 310 g/mol. The highest BCUT2D eigenvalue weighted by Crippen LogP contribution is 2.35. The minimum Gasteiger partial charge on any atom is -0.456 e. The molecule has 0 atom stereocenters. The van der Waals surface area contributed by atoms with Crippen molar-refractivity contribution >= 4 is 11.6 Å². The van der Waals surface area contributed by atoms with Gasteiger partial charge in [-0.05, 0) is 36.4 Å². The fourth-order valence-electron chi connectivity index (χ4n) is 1.59. The molecule has 0 spiro atoms. The van der Waals surface area contributed by atoms with Crippen LogP contribution in [0.3, 0.4) is 0 Å². The van der Waals surface area contributed by atoms with Gasteiger partial charge in [-0.3, -0.25) is 0 Å². The van der Waals surface area contributed by atoms with Crippen LogP contribution in [0.5, 0.6) is 11.5 Å². The second-order valence-corrected chi connectivity index (χ2v) is 4.43. The lowest BCUT2D eigenvalue weighted by Crippen LogP contribution is -2.08. The van der Waals surface area contributed by atoms with Crippen LogP contribution in [0.1, 0.15) is 11.1 Å². The van der Waals surface area contributed by atoms with E-state index in [-0.39, 0.29) is 22.1 Å². The fraction of sp³-hybridized carbons (Fsp3) is 0.0714. The molecule has 7 heteroatoms. The van der Waals surface area contributed by atoms with Crippen LogP contribution in [0, 0.1) is 17.1 Å². The van der Waals surface area contributed by atoms with Crippen molar-refractivity contribution in [2.75, 3.05) is 0 Å². The summed E-state index contributed by atoms with van der Waals surface area (Å²) >= 11 is 5.70. The average molecular weight is 316 g/mol. The first kappa shape index (κ1) is 15.1. The van der Waals surface area contributed by atoms with E-state index in [4.69, 9.17) is 21.6 Å². The van der Waals surface area contributed by atoms with E-state index >= 15 is 0 Å². The van der Waals surface area contributed by atoms with E-state index in [1.807, 2.05) is 6.07 Å². The SMILES string of the molecule is N#Cc1cc(Cl)ccc1Oc1ccc(F)c(C(F)(F)F)c1. The predicted octanol–water partition coefficient (Wildman–Crippen LogP) is 5.16. The summed E-state index contributed by atoms with van der Waals surface area (Å²) in [5.74, 6) is -1.60. The van der Waals surface area contributed by atoms with Crippen LogP contribution < -0.4 is 4.74 Å². The van der Waals surface area contributed by atoms with Crippen molar-refractivity contribution in [2.24, 2.45) is 0 Å². The third-order valence-electron chi connectivity index (χ3n) is 2.53. The van der Waals surface area contributed by atoms with Gasteiger partial charge < -0.3 is 4.74 Å². The molecule has 0 aliphatic rings. The molecule has 2 nitrogen and oxygen atoms in total. The Morgan fingerprint density at radius 1 is 1.10 bits per heavy atom. The van der Waals surface area contributed by atoms with Gasteiger partial charge in [0.25, 0.3) is 0 Å². The summed E-state index contributed by atoms with van der Waals surface area (Å²) in [5.41, 5.74) is -1.38. The zero-order valence-electron chi connectivity index (χ0n) is 10.2. The maximum Gasteiger partial charge on any atom is 0.419 e.